The van der Waals surface area contributed by atoms with E-state index in [4.69, 9.17) is 11.6 Å². The van der Waals surface area contributed by atoms with Crippen molar-refractivity contribution >= 4 is 17.4 Å². The van der Waals surface area contributed by atoms with E-state index in [1.54, 1.807) is 12.4 Å². The standard InChI is InChI=1S/C11H12ClN5/c12-9-1-2-11(13-7-9)16-5-3-10(8-16)17-6-4-14-15-17/h1-2,4,6-7,10H,3,5,8H2. The van der Waals surface area contributed by atoms with Crippen LogP contribution < -0.4 is 4.90 Å². The maximum absolute atomic E-state index is 5.82. The Kier molecular flexibility index (Phi) is 2.68. The summed E-state index contributed by atoms with van der Waals surface area (Å²) in [6.45, 7) is 1.90. The Bertz CT molecular complexity index is 481. The van der Waals surface area contributed by atoms with Crippen molar-refractivity contribution in [2.75, 3.05) is 18.0 Å². The van der Waals surface area contributed by atoms with Gasteiger partial charge >= 0.3 is 0 Å². The molecule has 0 radical (unpaired) electrons. The van der Waals surface area contributed by atoms with Crippen molar-refractivity contribution in [1.29, 1.82) is 0 Å². The summed E-state index contributed by atoms with van der Waals surface area (Å²) in [7, 11) is 0. The Labute approximate surface area is 104 Å². The molecule has 1 unspecified atom stereocenters. The van der Waals surface area contributed by atoms with Crippen LogP contribution in [-0.4, -0.2) is 33.1 Å². The van der Waals surface area contributed by atoms with Gasteiger partial charge in [-0.3, -0.25) is 0 Å². The monoisotopic (exact) mass is 249 g/mol. The zero-order valence-electron chi connectivity index (χ0n) is 9.20. The summed E-state index contributed by atoms with van der Waals surface area (Å²) in [5.41, 5.74) is 0. The summed E-state index contributed by atoms with van der Waals surface area (Å²) >= 11 is 5.82. The summed E-state index contributed by atoms with van der Waals surface area (Å²) < 4.78 is 1.91. The molecule has 1 aliphatic rings. The molecule has 0 spiro atoms. The lowest BCUT2D eigenvalue weighted by Gasteiger charge is -2.17. The van der Waals surface area contributed by atoms with Crippen molar-refractivity contribution in [3.8, 4) is 0 Å². The molecule has 88 valence electrons. The zero-order chi connectivity index (χ0) is 11.7. The number of anilines is 1. The van der Waals surface area contributed by atoms with Gasteiger partial charge in [0.2, 0.25) is 0 Å². The Hall–Kier alpha value is -1.62. The van der Waals surface area contributed by atoms with Crippen LogP contribution in [0.2, 0.25) is 5.02 Å². The molecular formula is C11H12ClN5. The fourth-order valence-electron chi connectivity index (χ4n) is 2.13. The first-order valence-electron chi connectivity index (χ1n) is 5.55. The van der Waals surface area contributed by atoms with Crippen molar-refractivity contribution in [1.82, 2.24) is 20.0 Å². The highest BCUT2D eigenvalue weighted by atomic mass is 35.5. The molecule has 1 saturated heterocycles. The zero-order valence-corrected chi connectivity index (χ0v) is 9.96. The smallest absolute Gasteiger partial charge is 0.128 e. The first-order chi connectivity index (χ1) is 8.33. The van der Waals surface area contributed by atoms with Crippen molar-refractivity contribution in [2.24, 2.45) is 0 Å². The summed E-state index contributed by atoms with van der Waals surface area (Å²) in [5.74, 6) is 0.969. The topological polar surface area (TPSA) is 46.8 Å². The molecule has 2 aromatic heterocycles. The molecule has 1 atom stereocenters. The summed E-state index contributed by atoms with van der Waals surface area (Å²) in [4.78, 5) is 6.56. The Morgan fingerprint density at radius 3 is 3.00 bits per heavy atom. The maximum atomic E-state index is 5.82. The number of pyridine rings is 1. The van der Waals surface area contributed by atoms with Gasteiger partial charge in [0.1, 0.15) is 5.82 Å². The van der Waals surface area contributed by atoms with Crippen molar-refractivity contribution in [3.05, 3.63) is 35.7 Å². The van der Waals surface area contributed by atoms with Crippen LogP contribution in [-0.2, 0) is 0 Å². The van der Waals surface area contributed by atoms with Gasteiger partial charge in [0, 0.05) is 25.5 Å². The van der Waals surface area contributed by atoms with Crippen LogP contribution in [0.4, 0.5) is 5.82 Å². The molecule has 5 nitrogen and oxygen atoms in total. The third-order valence-corrected chi connectivity index (χ3v) is 3.24. The van der Waals surface area contributed by atoms with Gasteiger partial charge in [-0.15, -0.1) is 5.10 Å². The molecule has 6 heteroatoms. The molecule has 0 aliphatic carbocycles. The van der Waals surface area contributed by atoms with Gasteiger partial charge in [0.15, 0.2) is 0 Å². The number of hydrogen-bond donors (Lipinski definition) is 0. The SMILES string of the molecule is Clc1ccc(N2CCC(n3ccnn3)C2)nc1. The van der Waals surface area contributed by atoms with E-state index in [1.165, 1.54) is 0 Å². The minimum Gasteiger partial charge on any atom is -0.354 e. The fraction of sp³-hybridized carbons (Fsp3) is 0.364. The van der Waals surface area contributed by atoms with Gasteiger partial charge in [-0.2, -0.15) is 0 Å². The fourth-order valence-corrected chi connectivity index (χ4v) is 2.24. The van der Waals surface area contributed by atoms with Gasteiger partial charge in [0.25, 0.3) is 0 Å². The van der Waals surface area contributed by atoms with E-state index in [9.17, 15) is 0 Å². The van der Waals surface area contributed by atoms with Crippen LogP contribution in [0.25, 0.3) is 0 Å². The molecule has 3 heterocycles. The lowest BCUT2D eigenvalue weighted by molar-refractivity contribution is 0.479. The van der Waals surface area contributed by atoms with Crippen LogP contribution in [0.15, 0.2) is 30.7 Å². The average molecular weight is 250 g/mol. The van der Waals surface area contributed by atoms with Gasteiger partial charge < -0.3 is 4.90 Å². The molecule has 3 rings (SSSR count). The molecule has 0 N–H and O–H groups in total. The normalized spacial score (nSPS) is 19.8. The van der Waals surface area contributed by atoms with E-state index in [-0.39, 0.29) is 0 Å². The number of hydrogen-bond acceptors (Lipinski definition) is 4. The van der Waals surface area contributed by atoms with E-state index >= 15 is 0 Å². The van der Waals surface area contributed by atoms with Gasteiger partial charge in [-0.1, -0.05) is 16.8 Å². The molecule has 17 heavy (non-hydrogen) atoms. The number of rotatable bonds is 2. The quantitative estimate of drug-likeness (QED) is 0.814. The van der Waals surface area contributed by atoms with Crippen LogP contribution in [0, 0.1) is 0 Å². The van der Waals surface area contributed by atoms with Crippen molar-refractivity contribution in [3.63, 3.8) is 0 Å². The lowest BCUT2D eigenvalue weighted by atomic mass is 10.3. The minimum absolute atomic E-state index is 0.384. The Morgan fingerprint density at radius 2 is 2.29 bits per heavy atom. The molecule has 0 saturated carbocycles. The van der Waals surface area contributed by atoms with Gasteiger partial charge in [-0.25, -0.2) is 9.67 Å². The van der Waals surface area contributed by atoms with Gasteiger partial charge in [0.05, 0.1) is 17.3 Å². The summed E-state index contributed by atoms with van der Waals surface area (Å²) in [6.07, 6.45) is 6.36. The van der Waals surface area contributed by atoms with E-state index in [2.05, 4.69) is 20.2 Å². The first kappa shape index (κ1) is 10.5. The third-order valence-electron chi connectivity index (χ3n) is 3.01. The molecule has 0 bridgehead atoms. The predicted octanol–water partition coefficient (Wildman–Crippen LogP) is 1.78. The second-order valence-electron chi connectivity index (χ2n) is 4.11. The Balaban J connectivity index is 1.74. The minimum atomic E-state index is 0.384. The van der Waals surface area contributed by atoms with Gasteiger partial charge in [-0.05, 0) is 18.6 Å². The summed E-state index contributed by atoms with van der Waals surface area (Å²) in [6, 6.07) is 4.20. The highest BCUT2D eigenvalue weighted by molar-refractivity contribution is 6.30. The molecule has 1 fully saturated rings. The van der Waals surface area contributed by atoms with Crippen LogP contribution in [0.1, 0.15) is 12.5 Å². The van der Waals surface area contributed by atoms with E-state index in [1.807, 2.05) is 23.0 Å². The van der Waals surface area contributed by atoms with Crippen molar-refractivity contribution in [2.45, 2.75) is 12.5 Å². The van der Waals surface area contributed by atoms with E-state index in [0.717, 1.165) is 25.3 Å². The largest absolute Gasteiger partial charge is 0.354 e. The van der Waals surface area contributed by atoms with Crippen LogP contribution in [0.5, 0.6) is 0 Å². The lowest BCUT2D eigenvalue weighted by Crippen LogP contribution is -2.21. The highest BCUT2D eigenvalue weighted by Gasteiger charge is 2.25. The second-order valence-corrected chi connectivity index (χ2v) is 4.54. The molecule has 2 aromatic rings. The molecule has 0 aromatic carbocycles. The van der Waals surface area contributed by atoms with Crippen LogP contribution in [0.3, 0.4) is 0 Å². The van der Waals surface area contributed by atoms with Crippen LogP contribution >= 0.6 is 11.6 Å². The molecule has 0 amide bonds. The van der Waals surface area contributed by atoms with Crippen molar-refractivity contribution < 1.29 is 0 Å². The third kappa shape index (κ3) is 2.10. The number of aromatic nitrogens is 4. The van der Waals surface area contributed by atoms with E-state index in [0.29, 0.717) is 11.1 Å². The van der Waals surface area contributed by atoms with E-state index < -0.39 is 0 Å². The summed E-state index contributed by atoms with van der Waals surface area (Å²) in [5, 5.41) is 8.54. The number of nitrogens with zero attached hydrogens (tertiary/aromatic N) is 5. The first-order valence-corrected chi connectivity index (χ1v) is 5.93. The molecule has 1 aliphatic heterocycles. The Morgan fingerprint density at radius 1 is 1.35 bits per heavy atom. The predicted molar refractivity (Wildman–Crippen MR) is 65.1 cm³/mol. The number of halogens is 1. The maximum Gasteiger partial charge on any atom is 0.128 e. The second kappa shape index (κ2) is 4.33. The highest BCUT2D eigenvalue weighted by Crippen LogP contribution is 2.25. The molecular weight excluding hydrogens is 238 g/mol. The average Bonchev–Trinajstić information content (AvgIpc) is 3.00.